The van der Waals surface area contributed by atoms with E-state index in [9.17, 15) is 24.0 Å². The standard InChI is InChI=1S/C23H24N2O6S/c1-4-23(29)17-8-19-20-14(9-25(19)21(27)15(17)10-31-22(23)28)16(11-32(2,3)30)13-7-12(26)5-6-18(13)24-20/h5-8,26,29,32H,4,9-11H2,1-3H3/t23-/m0/s1. The van der Waals surface area contributed by atoms with E-state index in [1.807, 2.05) is 0 Å². The third-order valence-electron chi connectivity index (χ3n) is 6.33. The van der Waals surface area contributed by atoms with Crippen LogP contribution in [0.3, 0.4) is 0 Å². The van der Waals surface area contributed by atoms with Crippen molar-refractivity contribution in [1.82, 2.24) is 9.55 Å². The molecule has 32 heavy (non-hydrogen) atoms. The Bertz CT molecular complexity index is 1440. The van der Waals surface area contributed by atoms with Gasteiger partial charge in [0.25, 0.3) is 5.56 Å². The monoisotopic (exact) mass is 456 g/mol. The first kappa shape index (κ1) is 20.8. The number of rotatable bonds is 3. The van der Waals surface area contributed by atoms with Crippen molar-refractivity contribution in [3.8, 4) is 17.1 Å². The summed E-state index contributed by atoms with van der Waals surface area (Å²) < 4.78 is 19.5. The number of aliphatic hydroxyl groups is 1. The van der Waals surface area contributed by atoms with E-state index < -0.39 is 21.5 Å². The quantitative estimate of drug-likeness (QED) is 0.316. The van der Waals surface area contributed by atoms with Gasteiger partial charge in [0.2, 0.25) is 0 Å². The second kappa shape index (κ2) is 6.73. The fourth-order valence-electron chi connectivity index (χ4n) is 4.71. The Balaban J connectivity index is 1.83. The zero-order valence-electron chi connectivity index (χ0n) is 18.0. The second-order valence-electron chi connectivity index (χ2n) is 8.95. The van der Waals surface area contributed by atoms with Crippen molar-refractivity contribution >= 4 is 26.8 Å². The highest BCUT2D eigenvalue weighted by Crippen LogP contribution is 2.41. The molecule has 0 radical (unpaired) electrons. The Morgan fingerprint density at radius 1 is 1.22 bits per heavy atom. The highest BCUT2D eigenvalue weighted by Gasteiger charge is 2.45. The van der Waals surface area contributed by atoms with E-state index in [-0.39, 0.29) is 42.0 Å². The number of phenols is 1. The van der Waals surface area contributed by atoms with Crippen LogP contribution in [0.2, 0.25) is 0 Å². The van der Waals surface area contributed by atoms with Gasteiger partial charge in [0, 0.05) is 22.3 Å². The normalized spacial score (nSPS) is 19.9. The lowest BCUT2D eigenvalue weighted by molar-refractivity contribution is -0.172. The first-order chi connectivity index (χ1) is 15.0. The molecule has 2 aliphatic rings. The van der Waals surface area contributed by atoms with Crippen LogP contribution in [-0.2, 0) is 44.0 Å². The van der Waals surface area contributed by atoms with Gasteiger partial charge in [0.05, 0.1) is 29.0 Å². The SMILES string of the molecule is CC[C@@]1(O)C(=O)OCc2c1cc1n(c2=O)Cc2c-1nc1ccc(O)cc1c2C[SH](C)(C)=O. The third-order valence-corrected chi connectivity index (χ3v) is 7.41. The highest BCUT2D eigenvalue weighted by molar-refractivity contribution is 8.01. The van der Waals surface area contributed by atoms with E-state index in [0.29, 0.717) is 28.0 Å². The topological polar surface area (TPSA) is 119 Å². The molecule has 0 saturated carbocycles. The molecule has 168 valence electrons. The van der Waals surface area contributed by atoms with E-state index in [1.54, 1.807) is 42.2 Å². The van der Waals surface area contributed by atoms with Gasteiger partial charge in [-0.1, -0.05) is 6.92 Å². The minimum Gasteiger partial charge on any atom is -0.508 e. The van der Waals surface area contributed by atoms with Crippen LogP contribution >= 0.6 is 0 Å². The molecule has 0 saturated heterocycles. The number of fused-ring (bicyclic) bond motifs is 5. The van der Waals surface area contributed by atoms with E-state index in [1.165, 1.54) is 6.07 Å². The van der Waals surface area contributed by atoms with Gasteiger partial charge < -0.3 is 19.5 Å². The molecule has 1 atom stereocenters. The van der Waals surface area contributed by atoms with E-state index in [0.717, 1.165) is 11.1 Å². The van der Waals surface area contributed by atoms with E-state index in [2.05, 4.69) is 0 Å². The number of pyridine rings is 2. The van der Waals surface area contributed by atoms with Crippen LogP contribution in [0.4, 0.5) is 0 Å². The fraction of sp³-hybridized carbons (Fsp3) is 0.348. The highest BCUT2D eigenvalue weighted by atomic mass is 32.2. The average Bonchev–Trinajstić information content (AvgIpc) is 3.09. The zero-order valence-corrected chi connectivity index (χ0v) is 18.9. The summed E-state index contributed by atoms with van der Waals surface area (Å²) in [7, 11) is -2.50. The number of hydrogen-bond donors (Lipinski definition) is 3. The van der Waals surface area contributed by atoms with Crippen molar-refractivity contribution in [3.63, 3.8) is 0 Å². The van der Waals surface area contributed by atoms with Crippen molar-refractivity contribution in [2.45, 2.75) is 37.9 Å². The maximum atomic E-state index is 13.4. The van der Waals surface area contributed by atoms with Crippen LogP contribution in [0, 0.1) is 0 Å². The van der Waals surface area contributed by atoms with Gasteiger partial charge >= 0.3 is 5.97 Å². The molecule has 0 spiro atoms. The van der Waals surface area contributed by atoms with Gasteiger partial charge in [0.15, 0.2) is 5.60 Å². The van der Waals surface area contributed by atoms with Crippen LogP contribution in [0.1, 0.15) is 35.6 Å². The molecule has 2 N–H and O–H groups in total. The summed E-state index contributed by atoms with van der Waals surface area (Å²) in [4.78, 5) is 30.5. The molecule has 0 bridgehead atoms. The summed E-state index contributed by atoms with van der Waals surface area (Å²) >= 11 is 0. The molecule has 2 aromatic heterocycles. The smallest absolute Gasteiger partial charge is 0.343 e. The second-order valence-corrected chi connectivity index (χ2v) is 12.4. The van der Waals surface area contributed by atoms with Gasteiger partial charge in [0.1, 0.15) is 12.4 Å². The molecule has 8 nitrogen and oxygen atoms in total. The predicted octanol–water partition coefficient (Wildman–Crippen LogP) is 1.56. The lowest BCUT2D eigenvalue weighted by Gasteiger charge is -2.31. The molecular weight excluding hydrogens is 432 g/mol. The van der Waals surface area contributed by atoms with Crippen LogP contribution in [0.5, 0.6) is 5.75 Å². The van der Waals surface area contributed by atoms with Crippen molar-refractivity contribution < 1.29 is 24.0 Å². The third kappa shape index (κ3) is 2.91. The summed E-state index contributed by atoms with van der Waals surface area (Å²) in [6, 6.07) is 6.48. The summed E-state index contributed by atoms with van der Waals surface area (Å²) in [5, 5.41) is 21.7. The van der Waals surface area contributed by atoms with Crippen molar-refractivity contribution in [3.05, 3.63) is 56.9 Å². The van der Waals surface area contributed by atoms with Crippen LogP contribution in [-0.4, -0.2) is 42.5 Å². The van der Waals surface area contributed by atoms with Crippen LogP contribution in [0.15, 0.2) is 29.1 Å². The van der Waals surface area contributed by atoms with Gasteiger partial charge in [-0.3, -0.25) is 9.00 Å². The number of benzene rings is 1. The van der Waals surface area contributed by atoms with Crippen molar-refractivity contribution in [1.29, 1.82) is 0 Å². The Labute approximate surface area is 184 Å². The molecular formula is C23H24N2O6S. The van der Waals surface area contributed by atoms with E-state index >= 15 is 0 Å². The Kier molecular flexibility index (Phi) is 4.38. The lowest BCUT2D eigenvalue weighted by atomic mass is 9.86. The summed E-state index contributed by atoms with van der Waals surface area (Å²) in [5.41, 5.74) is 1.49. The molecule has 5 rings (SSSR count). The van der Waals surface area contributed by atoms with Crippen molar-refractivity contribution in [2.75, 3.05) is 12.5 Å². The molecule has 0 amide bonds. The molecule has 0 unspecified atom stereocenters. The van der Waals surface area contributed by atoms with Crippen LogP contribution < -0.4 is 5.56 Å². The number of ether oxygens (including phenoxy) is 1. The van der Waals surface area contributed by atoms with Crippen LogP contribution in [0.25, 0.3) is 22.3 Å². The minimum absolute atomic E-state index is 0.0686. The van der Waals surface area contributed by atoms with Gasteiger partial charge in [-0.25, -0.2) is 9.78 Å². The molecule has 0 aliphatic carbocycles. The lowest BCUT2D eigenvalue weighted by Crippen LogP contribution is -2.44. The molecule has 2 aliphatic heterocycles. The molecule has 4 heterocycles. The predicted molar refractivity (Wildman–Crippen MR) is 121 cm³/mol. The maximum Gasteiger partial charge on any atom is 0.343 e. The van der Waals surface area contributed by atoms with Gasteiger partial charge in [-0.15, -0.1) is 9.93 Å². The number of aromatic hydroxyl groups is 1. The first-order valence-corrected chi connectivity index (χ1v) is 13.2. The fourth-order valence-corrected chi connectivity index (χ4v) is 5.83. The van der Waals surface area contributed by atoms with E-state index in [4.69, 9.17) is 9.72 Å². The number of hydrogen-bond acceptors (Lipinski definition) is 7. The number of cyclic esters (lactones) is 1. The number of nitrogens with zero attached hydrogens (tertiary/aromatic N) is 2. The Morgan fingerprint density at radius 2 is 1.97 bits per heavy atom. The molecule has 1 aromatic carbocycles. The number of aromatic nitrogens is 2. The number of esters is 1. The minimum atomic E-state index is -2.50. The number of phenolic OH excluding ortho intramolecular Hbond substituents is 1. The number of carbonyl (C=O) groups excluding carboxylic acids is 1. The molecule has 9 heteroatoms. The summed E-state index contributed by atoms with van der Waals surface area (Å²) in [5.74, 6) is -0.397. The first-order valence-electron chi connectivity index (χ1n) is 10.4. The summed E-state index contributed by atoms with van der Waals surface area (Å²) in [6.45, 7) is 1.69. The van der Waals surface area contributed by atoms with Gasteiger partial charge in [-0.2, -0.15) is 0 Å². The number of thiol groups is 1. The van der Waals surface area contributed by atoms with Crippen molar-refractivity contribution in [2.24, 2.45) is 0 Å². The van der Waals surface area contributed by atoms with Gasteiger partial charge in [-0.05, 0) is 48.8 Å². The maximum absolute atomic E-state index is 13.4. The largest absolute Gasteiger partial charge is 0.508 e. The Morgan fingerprint density at radius 3 is 2.66 bits per heavy atom. The molecule has 0 fully saturated rings. The number of carbonyl (C=O) groups is 1. The summed E-state index contributed by atoms with van der Waals surface area (Å²) in [6.07, 6.45) is 3.47. The zero-order chi connectivity index (χ0) is 23.0. The average molecular weight is 457 g/mol. The molecule has 3 aromatic rings. The Hall–Kier alpha value is -3.04.